The predicted octanol–water partition coefficient (Wildman–Crippen LogP) is 2.59. The molecule has 1 saturated heterocycles. The molecule has 1 heterocycles. The first kappa shape index (κ1) is 13.7. The van der Waals surface area contributed by atoms with Gasteiger partial charge in [-0.1, -0.05) is 13.8 Å². The Hall–Kier alpha value is 0.270. The highest BCUT2D eigenvalue weighted by atomic mass is 32.2. The van der Waals surface area contributed by atoms with Crippen molar-refractivity contribution in [2.24, 2.45) is 5.41 Å². The van der Waals surface area contributed by atoms with Crippen molar-refractivity contribution in [3.05, 3.63) is 0 Å². The molecule has 0 aromatic carbocycles. The number of nitrogens with zero attached hydrogens (tertiary/aromatic N) is 1. The van der Waals surface area contributed by atoms with Crippen molar-refractivity contribution in [1.82, 2.24) is 10.2 Å². The van der Waals surface area contributed by atoms with E-state index in [1.165, 1.54) is 50.3 Å². The lowest BCUT2D eigenvalue weighted by Gasteiger charge is -2.36. The molecule has 1 N–H and O–H groups in total. The molecule has 2 unspecified atom stereocenters. The van der Waals surface area contributed by atoms with Gasteiger partial charge >= 0.3 is 0 Å². The van der Waals surface area contributed by atoms with Crippen LogP contribution >= 0.6 is 11.8 Å². The van der Waals surface area contributed by atoms with Crippen LogP contribution in [0.3, 0.4) is 0 Å². The van der Waals surface area contributed by atoms with Crippen molar-refractivity contribution in [2.75, 3.05) is 31.6 Å². The van der Waals surface area contributed by atoms with E-state index in [1.807, 2.05) is 0 Å². The molecular weight excluding hydrogens is 228 g/mol. The quantitative estimate of drug-likeness (QED) is 0.754. The summed E-state index contributed by atoms with van der Waals surface area (Å²) in [5, 5.41) is 3.71. The van der Waals surface area contributed by atoms with E-state index in [9.17, 15) is 0 Å². The fraction of sp³-hybridized carbons (Fsp3) is 1.00. The Bertz CT molecular complexity index is 236. The summed E-state index contributed by atoms with van der Waals surface area (Å²) in [5.74, 6) is 2.70. The van der Waals surface area contributed by atoms with Crippen LogP contribution in [-0.4, -0.2) is 48.6 Å². The van der Waals surface area contributed by atoms with E-state index in [2.05, 4.69) is 42.9 Å². The highest BCUT2D eigenvalue weighted by molar-refractivity contribution is 7.99. The van der Waals surface area contributed by atoms with Crippen molar-refractivity contribution in [2.45, 2.75) is 51.6 Å². The minimum Gasteiger partial charge on any atom is -0.313 e. The first-order valence-electron chi connectivity index (χ1n) is 7.14. The maximum Gasteiger partial charge on any atom is 0.0191 e. The van der Waals surface area contributed by atoms with E-state index in [1.54, 1.807) is 0 Å². The first-order valence-corrected chi connectivity index (χ1v) is 8.30. The summed E-state index contributed by atoms with van der Waals surface area (Å²) in [7, 11) is 2.32. The smallest absolute Gasteiger partial charge is 0.0191 e. The molecule has 100 valence electrons. The van der Waals surface area contributed by atoms with Crippen LogP contribution in [-0.2, 0) is 0 Å². The van der Waals surface area contributed by atoms with Gasteiger partial charge in [0.2, 0.25) is 0 Å². The Kier molecular flexibility index (Phi) is 4.79. The monoisotopic (exact) mass is 256 g/mol. The zero-order chi connectivity index (χ0) is 12.3. The fourth-order valence-electron chi connectivity index (χ4n) is 2.57. The average molecular weight is 256 g/mol. The Morgan fingerprint density at radius 1 is 1.35 bits per heavy atom. The van der Waals surface area contributed by atoms with Gasteiger partial charge in [-0.25, -0.2) is 0 Å². The highest BCUT2D eigenvalue weighted by Gasteiger charge is 2.30. The standard InChI is InChI=1S/C14H28N2S/c1-4-14(2,10-15-12-5-6-12)11-16(3)13-7-8-17-9-13/h12-13,15H,4-11H2,1-3H3. The molecule has 3 heteroatoms. The molecule has 0 spiro atoms. The molecule has 0 aromatic heterocycles. The van der Waals surface area contributed by atoms with E-state index < -0.39 is 0 Å². The number of hydrogen-bond donors (Lipinski definition) is 1. The first-order chi connectivity index (χ1) is 8.13. The maximum atomic E-state index is 3.71. The Morgan fingerprint density at radius 3 is 2.65 bits per heavy atom. The van der Waals surface area contributed by atoms with Gasteiger partial charge in [0.1, 0.15) is 0 Å². The Balaban J connectivity index is 1.78. The molecule has 17 heavy (non-hydrogen) atoms. The van der Waals surface area contributed by atoms with Gasteiger partial charge in [0, 0.05) is 30.9 Å². The molecule has 2 aliphatic rings. The largest absolute Gasteiger partial charge is 0.313 e. The second-order valence-corrected chi connectivity index (χ2v) is 7.40. The van der Waals surface area contributed by atoms with Crippen molar-refractivity contribution in [3.8, 4) is 0 Å². The molecule has 2 nitrogen and oxygen atoms in total. The zero-order valence-corrected chi connectivity index (χ0v) is 12.5. The Morgan fingerprint density at radius 2 is 2.12 bits per heavy atom. The van der Waals surface area contributed by atoms with Gasteiger partial charge in [-0.15, -0.1) is 0 Å². The molecular formula is C14H28N2S. The topological polar surface area (TPSA) is 15.3 Å². The van der Waals surface area contributed by atoms with Gasteiger partial charge in [-0.2, -0.15) is 11.8 Å². The van der Waals surface area contributed by atoms with Crippen LogP contribution < -0.4 is 5.32 Å². The van der Waals surface area contributed by atoms with Crippen molar-refractivity contribution in [3.63, 3.8) is 0 Å². The second kappa shape index (κ2) is 5.94. The SMILES string of the molecule is CCC(C)(CNC1CC1)CN(C)C1CCSC1. The van der Waals surface area contributed by atoms with Gasteiger partial charge in [0.15, 0.2) is 0 Å². The van der Waals surface area contributed by atoms with Crippen molar-refractivity contribution < 1.29 is 0 Å². The number of nitrogens with one attached hydrogen (secondary N) is 1. The van der Waals surface area contributed by atoms with E-state index in [0.717, 1.165) is 12.1 Å². The summed E-state index contributed by atoms with van der Waals surface area (Å²) < 4.78 is 0. The summed E-state index contributed by atoms with van der Waals surface area (Å²) in [4.78, 5) is 2.61. The van der Waals surface area contributed by atoms with Crippen LogP contribution in [0, 0.1) is 5.41 Å². The van der Waals surface area contributed by atoms with Gasteiger partial charge in [-0.3, -0.25) is 0 Å². The summed E-state index contributed by atoms with van der Waals surface area (Å²) in [6.07, 6.45) is 5.46. The highest BCUT2D eigenvalue weighted by Crippen LogP contribution is 2.28. The lowest BCUT2D eigenvalue weighted by atomic mass is 9.86. The van der Waals surface area contributed by atoms with Gasteiger partial charge < -0.3 is 10.2 Å². The lowest BCUT2D eigenvalue weighted by Crippen LogP contribution is -2.44. The lowest BCUT2D eigenvalue weighted by molar-refractivity contribution is 0.149. The molecule has 2 atom stereocenters. The number of thioether (sulfide) groups is 1. The van der Waals surface area contributed by atoms with Crippen LogP contribution in [0.4, 0.5) is 0 Å². The number of rotatable bonds is 7. The van der Waals surface area contributed by atoms with Crippen molar-refractivity contribution in [1.29, 1.82) is 0 Å². The average Bonchev–Trinajstić information content (AvgIpc) is 2.98. The molecule has 0 radical (unpaired) electrons. The summed E-state index contributed by atoms with van der Waals surface area (Å²) in [6.45, 7) is 7.22. The summed E-state index contributed by atoms with van der Waals surface area (Å²) >= 11 is 2.12. The van der Waals surface area contributed by atoms with Crippen molar-refractivity contribution >= 4 is 11.8 Å². The zero-order valence-electron chi connectivity index (χ0n) is 11.7. The molecule has 2 rings (SSSR count). The third-order valence-electron chi connectivity index (χ3n) is 4.41. The normalized spacial score (nSPS) is 28.6. The summed E-state index contributed by atoms with van der Waals surface area (Å²) in [5.41, 5.74) is 0.449. The Labute approximate surface area is 111 Å². The molecule has 1 aliphatic heterocycles. The minimum atomic E-state index is 0.449. The van der Waals surface area contributed by atoms with Gasteiger partial charge in [-0.05, 0) is 43.9 Å². The third kappa shape index (κ3) is 4.15. The van der Waals surface area contributed by atoms with Crippen LogP contribution in [0.1, 0.15) is 39.5 Å². The molecule has 1 saturated carbocycles. The molecule has 2 fully saturated rings. The predicted molar refractivity (Wildman–Crippen MR) is 77.8 cm³/mol. The number of hydrogen-bond acceptors (Lipinski definition) is 3. The molecule has 0 aromatic rings. The van der Waals surface area contributed by atoms with Crippen LogP contribution in [0.2, 0.25) is 0 Å². The van der Waals surface area contributed by atoms with E-state index >= 15 is 0 Å². The van der Waals surface area contributed by atoms with E-state index in [-0.39, 0.29) is 0 Å². The second-order valence-electron chi connectivity index (χ2n) is 6.25. The van der Waals surface area contributed by atoms with E-state index in [4.69, 9.17) is 0 Å². The third-order valence-corrected chi connectivity index (χ3v) is 5.55. The fourth-order valence-corrected chi connectivity index (χ4v) is 3.87. The minimum absolute atomic E-state index is 0.449. The van der Waals surface area contributed by atoms with Crippen LogP contribution in [0.5, 0.6) is 0 Å². The molecule has 0 bridgehead atoms. The molecule has 1 aliphatic carbocycles. The van der Waals surface area contributed by atoms with Crippen LogP contribution in [0.25, 0.3) is 0 Å². The maximum absolute atomic E-state index is 3.71. The van der Waals surface area contributed by atoms with Gasteiger partial charge in [0.25, 0.3) is 0 Å². The summed E-state index contributed by atoms with van der Waals surface area (Å²) in [6, 6.07) is 1.67. The van der Waals surface area contributed by atoms with E-state index in [0.29, 0.717) is 5.41 Å². The van der Waals surface area contributed by atoms with Crippen LogP contribution in [0.15, 0.2) is 0 Å². The molecule has 0 amide bonds. The van der Waals surface area contributed by atoms with Gasteiger partial charge in [0.05, 0.1) is 0 Å².